The lowest BCUT2D eigenvalue weighted by atomic mass is 10.2. The van der Waals surface area contributed by atoms with Crippen molar-refractivity contribution in [3.63, 3.8) is 0 Å². The first-order valence-electron chi connectivity index (χ1n) is 6.12. The number of amides is 1. The molecule has 98 valence electrons. The van der Waals surface area contributed by atoms with Crippen LogP contribution in [0.15, 0.2) is 36.9 Å². The molecule has 1 N–H and O–H groups in total. The minimum Gasteiger partial charge on any atom is -0.391 e. The second-order valence-corrected chi connectivity index (χ2v) is 4.63. The van der Waals surface area contributed by atoms with Gasteiger partial charge in [0.25, 0.3) is 0 Å². The van der Waals surface area contributed by atoms with E-state index in [4.69, 9.17) is 0 Å². The van der Waals surface area contributed by atoms with Crippen LogP contribution in [-0.2, 0) is 11.3 Å². The van der Waals surface area contributed by atoms with Crippen LogP contribution >= 0.6 is 0 Å². The first-order valence-corrected chi connectivity index (χ1v) is 6.12. The van der Waals surface area contributed by atoms with Crippen LogP contribution in [0.5, 0.6) is 0 Å². The number of aromatic nitrogens is 3. The van der Waals surface area contributed by atoms with Gasteiger partial charge in [0, 0.05) is 5.69 Å². The van der Waals surface area contributed by atoms with Gasteiger partial charge in [-0.05, 0) is 17.7 Å². The maximum absolute atomic E-state index is 11.8. The second-order valence-electron chi connectivity index (χ2n) is 4.63. The molecule has 2 aromatic rings. The number of anilines is 1. The first-order chi connectivity index (χ1) is 9.22. The van der Waals surface area contributed by atoms with E-state index < -0.39 is 6.10 Å². The largest absolute Gasteiger partial charge is 0.391 e. The number of carbonyl (C=O) groups excluding carboxylic acids is 1. The summed E-state index contributed by atoms with van der Waals surface area (Å²) in [6.45, 7) is 0.976. The molecule has 0 aliphatic carbocycles. The maximum Gasteiger partial charge on any atom is 0.229 e. The van der Waals surface area contributed by atoms with Gasteiger partial charge in [0.05, 0.1) is 25.6 Å². The van der Waals surface area contributed by atoms with Gasteiger partial charge >= 0.3 is 0 Å². The summed E-state index contributed by atoms with van der Waals surface area (Å²) in [6, 6.07) is 7.69. The molecule has 1 saturated heterocycles. The van der Waals surface area contributed by atoms with Crippen LogP contribution in [0, 0.1) is 0 Å². The van der Waals surface area contributed by atoms with Gasteiger partial charge in [0.1, 0.15) is 12.7 Å². The highest BCUT2D eigenvalue weighted by atomic mass is 16.3. The quantitative estimate of drug-likeness (QED) is 0.866. The van der Waals surface area contributed by atoms with E-state index in [1.54, 1.807) is 15.9 Å². The Morgan fingerprint density at radius 2 is 2.32 bits per heavy atom. The Bertz CT molecular complexity index is 582. The molecule has 1 fully saturated rings. The number of rotatable bonds is 3. The van der Waals surface area contributed by atoms with Crippen molar-refractivity contribution in [1.29, 1.82) is 0 Å². The molecular formula is C13H14N4O2. The predicted molar refractivity (Wildman–Crippen MR) is 68.5 cm³/mol. The minimum atomic E-state index is -0.563. The number of carbonyl (C=O) groups is 1. The Kier molecular flexibility index (Phi) is 3.00. The van der Waals surface area contributed by atoms with Crippen LogP contribution in [0.2, 0.25) is 0 Å². The number of hydrogen-bond acceptors (Lipinski definition) is 4. The fraction of sp³-hybridized carbons (Fsp3) is 0.308. The van der Waals surface area contributed by atoms with E-state index in [1.807, 2.05) is 24.3 Å². The highest BCUT2D eigenvalue weighted by Gasteiger charge is 2.28. The van der Waals surface area contributed by atoms with E-state index in [2.05, 4.69) is 10.1 Å². The zero-order valence-electron chi connectivity index (χ0n) is 10.3. The van der Waals surface area contributed by atoms with Crippen molar-refractivity contribution in [2.75, 3.05) is 11.4 Å². The van der Waals surface area contributed by atoms with Crippen molar-refractivity contribution in [1.82, 2.24) is 14.8 Å². The smallest absolute Gasteiger partial charge is 0.229 e. The van der Waals surface area contributed by atoms with Crippen LogP contribution in [-0.4, -0.2) is 38.4 Å². The molecule has 1 aromatic heterocycles. The molecule has 1 atom stereocenters. The molecule has 6 heteroatoms. The number of aliphatic hydroxyl groups excluding tert-OH is 1. The second kappa shape index (κ2) is 4.81. The van der Waals surface area contributed by atoms with Crippen molar-refractivity contribution >= 4 is 11.6 Å². The standard InChI is InChI=1S/C13H14N4O2/c18-12-5-13(19)17(7-12)11-3-1-2-10(4-11)6-16-9-14-8-15-16/h1-4,8-9,12,18H,5-7H2. The van der Waals surface area contributed by atoms with Crippen molar-refractivity contribution in [3.05, 3.63) is 42.5 Å². The fourth-order valence-corrected chi connectivity index (χ4v) is 2.26. The normalized spacial score (nSPS) is 19.1. The molecule has 1 aliphatic heterocycles. The van der Waals surface area contributed by atoms with Gasteiger partial charge in [0.2, 0.25) is 5.91 Å². The van der Waals surface area contributed by atoms with Gasteiger partial charge in [-0.25, -0.2) is 9.67 Å². The van der Waals surface area contributed by atoms with Gasteiger partial charge in [-0.3, -0.25) is 4.79 Å². The average Bonchev–Trinajstić information content (AvgIpc) is 2.99. The Morgan fingerprint density at radius 3 is 3.00 bits per heavy atom. The summed E-state index contributed by atoms with van der Waals surface area (Å²) in [6.07, 6.45) is 2.78. The molecule has 0 saturated carbocycles. The summed E-state index contributed by atoms with van der Waals surface area (Å²) in [5.41, 5.74) is 1.86. The molecule has 0 spiro atoms. The summed E-state index contributed by atoms with van der Waals surface area (Å²) in [5.74, 6) is -0.0367. The van der Waals surface area contributed by atoms with Crippen molar-refractivity contribution < 1.29 is 9.90 Å². The van der Waals surface area contributed by atoms with Crippen LogP contribution in [0.1, 0.15) is 12.0 Å². The van der Waals surface area contributed by atoms with Gasteiger partial charge < -0.3 is 10.0 Å². The summed E-state index contributed by atoms with van der Waals surface area (Å²) in [7, 11) is 0. The Balaban J connectivity index is 1.82. The number of nitrogens with zero attached hydrogens (tertiary/aromatic N) is 4. The third-order valence-electron chi connectivity index (χ3n) is 3.14. The number of hydrogen-bond donors (Lipinski definition) is 1. The minimum absolute atomic E-state index is 0.0367. The third-order valence-corrected chi connectivity index (χ3v) is 3.14. The highest BCUT2D eigenvalue weighted by molar-refractivity contribution is 5.96. The highest BCUT2D eigenvalue weighted by Crippen LogP contribution is 2.22. The van der Waals surface area contributed by atoms with Crippen LogP contribution < -0.4 is 4.90 Å². The van der Waals surface area contributed by atoms with Gasteiger partial charge in [-0.2, -0.15) is 5.10 Å². The molecule has 1 unspecified atom stereocenters. The van der Waals surface area contributed by atoms with Gasteiger partial charge in [-0.15, -0.1) is 0 Å². The maximum atomic E-state index is 11.8. The molecule has 0 radical (unpaired) electrons. The Labute approximate surface area is 110 Å². The zero-order chi connectivity index (χ0) is 13.2. The molecule has 1 amide bonds. The molecule has 0 bridgehead atoms. The van der Waals surface area contributed by atoms with E-state index in [9.17, 15) is 9.90 Å². The van der Waals surface area contributed by atoms with Crippen molar-refractivity contribution in [2.24, 2.45) is 0 Å². The van der Waals surface area contributed by atoms with Crippen LogP contribution in [0.25, 0.3) is 0 Å². The monoisotopic (exact) mass is 258 g/mol. The lowest BCUT2D eigenvalue weighted by molar-refractivity contribution is -0.117. The summed E-state index contributed by atoms with van der Waals surface area (Å²) in [5, 5.41) is 13.6. The van der Waals surface area contributed by atoms with E-state index in [0.717, 1.165) is 11.3 Å². The van der Waals surface area contributed by atoms with Crippen LogP contribution in [0.4, 0.5) is 5.69 Å². The number of β-amino-alcohol motifs (C(OH)–C–C–N with tert-alkyl or cyclic N) is 1. The van der Waals surface area contributed by atoms with E-state index in [1.165, 1.54) is 6.33 Å². The number of benzene rings is 1. The summed E-state index contributed by atoms with van der Waals surface area (Å²) in [4.78, 5) is 17.3. The molecular weight excluding hydrogens is 244 g/mol. The first kappa shape index (κ1) is 11.9. The average molecular weight is 258 g/mol. The Morgan fingerprint density at radius 1 is 1.42 bits per heavy atom. The summed E-state index contributed by atoms with van der Waals surface area (Å²) < 4.78 is 1.72. The van der Waals surface area contributed by atoms with Crippen molar-refractivity contribution in [3.8, 4) is 0 Å². The van der Waals surface area contributed by atoms with Gasteiger partial charge in [0.15, 0.2) is 0 Å². The third kappa shape index (κ3) is 2.48. The molecule has 2 heterocycles. The SMILES string of the molecule is O=C1CC(O)CN1c1cccc(Cn2cncn2)c1. The number of aliphatic hydroxyl groups is 1. The van der Waals surface area contributed by atoms with Gasteiger partial charge in [-0.1, -0.05) is 12.1 Å². The van der Waals surface area contributed by atoms with E-state index in [0.29, 0.717) is 13.1 Å². The predicted octanol–water partition coefficient (Wildman–Crippen LogP) is 0.424. The lowest BCUT2D eigenvalue weighted by Gasteiger charge is -2.16. The molecule has 1 aliphatic rings. The van der Waals surface area contributed by atoms with E-state index in [-0.39, 0.29) is 12.3 Å². The van der Waals surface area contributed by atoms with E-state index >= 15 is 0 Å². The molecule has 3 rings (SSSR count). The molecule has 6 nitrogen and oxygen atoms in total. The topological polar surface area (TPSA) is 71.2 Å². The lowest BCUT2D eigenvalue weighted by Crippen LogP contribution is -2.25. The fourth-order valence-electron chi connectivity index (χ4n) is 2.26. The zero-order valence-corrected chi connectivity index (χ0v) is 10.3. The summed E-state index contributed by atoms with van der Waals surface area (Å²) >= 11 is 0. The molecule has 19 heavy (non-hydrogen) atoms. The van der Waals surface area contributed by atoms with Crippen molar-refractivity contribution in [2.45, 2.75) is 19.1 Å². The van der Waals surface area contributed by atoms with Crippen LogP contribution in [0.3, 0.4) is 0 Å². The molecule has 1 aromatic carbocycles. The Hall–Kier alpha value is -2.21.